The number of hydrogen-bond donors (Lipinski definition) is 1. The number of ether oxygens (including phenoxy) is 2. The van der Waals surface area contributed by atoms with Crippen molar-refractivity contribution in [1.29, 1.82) is 0 Å². The van der Waals surface area contributed by atoms with Crippen molar-refractivity contribution in [2.75, 3.05) is 19.8 Å². The molecule has 2 atom stereocenters. The van der Waals surface area contributed by atoms with Gasteiger partial charge in [-0.05, 0) is 26.0 Å². The van der Waals surface area contributed by atoms with E-state index in [9.17, 15) is 4.39 Å². The first-order valence-corrected chi connectivity index (χ1v) is 6.98. The molecule has 1 saturated heterocycles. The number of nitrogens with one attached hydrogen (secondary N) is 1. The zero-order valence-corrected chi connectivity index (χ0v) is 11.6. The summed E-state index contributed by atoms with van der Waals surface area (Å²) in [6.07, 6.45) is 1.84. The maximum absolute atomic E-state index is 14.0. The molecule has 1 heterocycles. The number of para-hydroxylation sites is 1. The Kier molecular flexibility index (Phi) is 5.16. The monoisotopic (exact) mass is 267 g/mol. The molecular formula is C15H22FNO2. The van der Waals surface area contributed by atoms with Crippen molar-refractivity contribution in [3.05, 3.63) is 29.6 Å². The summed E-state index contributed by atoms with van der Waals surface area (Å²) >= 11 is 0. The van der Waals surface area contributed by atoms with E-state index in [4.69, 9.17) is 9.47 Å². The van der Waals surface area contributed by atoms with Crippen molar-refractivity contribution in [1.82, 2.24) is 5.32 Å². The van der Waals surface area contributed by atoms with E-state index >= 15 is 0 Å². The van der Waals surface area contributed by atoms with E-state index in [-0.39, 0.29) is 18.0 Å². The fourth-order valence-corrected chi connectivity index (χ4v) is 2.23. The van der Waals surface area contributed by atoms with Gasteiger partial charge in [-0.3, -0.25) is 0 Å². The number of rotatable bonds is 6. The van der Waals surface area contributed by atoms with Gasteiger partial charge in [-0.15, -0.1) is 0 Å². The van der Waals surface area contributed by atoms with Crippen LogP contribution in [0.2, 0.25) is 0 Å². The van der Waals surface area contributed by atoms with Crippen LogP contribution in [-0.2, 0) is 4.74 Å². The highest BCUT2D eigenvalue weighted by Gasteiger charge is 2.22. The van der Waals surface area contributed by atoms with Gasteiger partial charge in [0.05, 0.1) is 13.2 Å². The Morgan fingerprint density at radius 3 is 3.05 bits per heavy atom. The first-order chi connectivity index (χ1) is 9.22. The molecule has 1 aliphatic heterocycles. The van der Waals surface area contributed by atoms with Crippen molar-refractivity contribution in [3.8, 4) is 5.75 Å². The molecule has 0 aliphatic carbocycles. The van der Waals surface area contributed by atoms with Crippen molar-refractivity contribution >= 4 is 0 Å². The second-order valence-corrected chi connectivity index (χ2v) is 4.94. The van der Waals surface area contributed by atoms with E-state index < -0.39 is 0 Å². The summed E-state index contributed by atoms with van der Waals surface area (Å²) in [6, 6.07) is 5.17. The molecule has 2 unspecified atom stereocenters. The lowest BCUT2D eigenvalue weighted by Crippen LogP contribution is -2.23. The van der Waals surface area contributed by atoms with Crippen LogP contribution >= 0.6 is 0 Å². The number of benzene rings is 1. The summed E-state index contributed by atoms with van der Waals surface area (Å²) in [5.41, 5.74) is 0.875. The Morgan fingerprint density at radius 2 is 2.37 bits per heavy atom. The fourth-order valence-electron chi connectivity index (χ4n) is 2.23. The summed E-state index contributed by atoms with van der Waals surface area (Å²) in [7, 11) is 0. The number of halogens is 1. The summed E-state index contributed by atoms with van der Waals surface area (Å²) < 4.78 is 25.1. The van der Waals surface area contributed by atoms with Crippen LogP contribution in [0.1, 0.15) is 38.3 Å². The summed E-state index contributed by atoms with van der Waals surface area (Å²) in [4.78, 5) is 0. The molecule has 2 rings (SSSR count). The molecule has 3 nitrogen and oxygen atoms in total. The average Bonchev–Trinajstić information content (AvgIpc) is 2.91. The van der Waals surface area contributed by atoms with Gasteiger partial charge in [-0.25, -0.2) is 4.39 Å². The molecule has 1 N–H and O–H groups in total. The quantitative estimate of drug-likeness (QED) is 0.859. The molecule has 1 aromatic rings. The van der Waals surface area contributed by atoms with Crippen LogP contribution in [0.15, 0.2) is 18.2 Å². The van der Waals surface area contributed by atoms with Crippen LogP contribution in [0.4, 0.5) is 4.39 Å². The molecule has 0 saturated carbocycles. The molecule has 0 amide bonds. The Hall–Kier alpha value is -1.13. The Morgan fingerprint density at radius 1 is 1.53 bits per heavy atom. The van der Waals surface area contributed by atoms with Crippen LogP contribution in [0.25, 0.3) is 0 Å². The molecule has 1 fully saturated rings. The topological polar surface area (TPSA) is 30.5 Å². The molecule has 1 aliphatic rings. The third-order valence-electron chi connectivity index (χ3n) is 3.34. The van der Waals surface area contributed by atoms with Gasteiger partial charge in [-0.1, -0.05) is 19.1 Å². The lowest BCUT2D eigenvalue weighted by Gasteiger charge is -2.20. The van der Waals surface area contributed by atoms with E-state index in [2.05, 4.69) is 12.2 Å². The highest BCUT2D eigenvalue weighted by molar-refractivity contribution is 5.37. The highest BCUT2D eigenvalue weighted by Crippen LogP contribution is 2.30. The summed E-state index contributed by atoms with van der Waals surface area (Å²) in [6.45, 7) is 6.29. The predicted molar refractivity (Wildman–Crippen MR) is 73.0 cm³/mol. The first-order valence-electron chi connectivity index (χ1n) is 6.98. The Balaban J connectivity index is 2.14. The van der Waals surface area contributed by atoms with Gasteiger partial charge >= 0.3 is 0 Å². The lowest BCUT2D eigenvalue weighted by molar-refractivity contribution is 0.137. The maximum Gasteiger partial charge on any atom is 0.165 e. The van der Waals surface area contributed by atoms with E-state index in [0.29, 0.717) is 19.0 Å². The van der Waals surface area contributed by atoms with Crippen LogP contribution < -0.4 is 10.1 Å². The predicted octanol–water partition coefficient (Wildman–Crippen LogP) is 3.05. The van der Waals surface area contributed by atoms with E-state index in [0.717, 1.165) is 24.9 Å². The zero-order chi connectivity index (χ0) is 13.7. The van der Waals surface area contributed by atoms with Gasteiger partial charge in [0, 0.05) is 18.0 Å². The van der Waals surface area contributed by atoms with Gasteiger partial charge in [0.25, 0.3) is 0 Å². The van der Waals surface area contributed by atoms with Crippen LogP contribution in [0.5, 0.6) is 5.75 Å². The molecule has 19 heavy (non-hydrogen) atoms. The third-order valence-corrected chi connectivity index (χ3v) is 3.34. The molecule has 106 valence electrons. The highest BCUT2D eigenvalue weighted by atomic mass is 19.1. The Bertz CT molecular complexity index is 405. The molecule has 0 aromatic heterocycles. The van der Waals surface area contributed by atoms with Crippen LogP contribution in [0.3, 0.4) is 0 Å². The molecule has 0 bridgehead atoms. The second kappa shape index (κ2) is 6.87. The minimum absolute atomic E-state index is 0.0333. The zero-order valence-electron chi connectivity index (χ0n) is 11.6. The van der Waals surface area contributed by atoms with Crippen LogP contribution in [-0.4, -0.2) is 25.9 Å². The van der Waals surface area contributed by atoms with Crippen molar-refractivity contribution in [3.63, 3.8) is 0 Å². The van der Waals surface area contributed by atoms with Gasteiger partial charge in [-0.2, -0.15) is 0 Å². The average molecular weight is 267 g/mol. The van der Waals surface area contributed by atoms with Crippen molar-refractivity contribution in [2.45, 2.75) is 38.8 Å². The normalized spacial score (nSPS) is 20.5. The number of hydrogen-bond acceptors (Lipinski definition) is 3. The van der Waals surface area contributed by atoms with Crippen LogP contribution in [0, 0.1) is 5.82 Å². The van der Waals surface area contributed by atoms with E-state index in [1.54, 1.807) is 6.07 Å². The lowest BCUT2D eigenvalue weighted by atomic mass is 10.1. The minimum atomic E-state index is -0.297. The first kappa shape index (κ1) is 14.3. The Labute approximate surface area is 114 Å². The molecular weight excluding hydrogens is 245 g/mol. The largest absolute Gasteiger partial charge is 0.485 e. The molecule has 4 heteroatoms. The van der Waals surface area contributed by atoms with Gasteiger partial charge in [0.1, 0.15) is 6.10 Å². The smallest absolute Gasteiger partial charge is 0.165 e. The SMILES string of the molecule is CCCNC(C)c1cccc(F)c1OC1CCOC1. The third kappa shape index (κ3) is 3.67. The van der Waals surface area contributed by atoms with Gasteiger partial charge < -0.3 is 14.8 Å². The second-order valence-electron chi connectivity index (χ2n) is 4.94. The van der Waals surface area contributed by atoms with E-state index in [1.165, 1.54) is 6.07 Å². The molecule has 1 aromatic carbocycles. The summed E-state index contributed by atoms with van der Waals surface area (Å²) in [5.74, 6) is 0.0728. The standard InChI is InChI=1S/C15H22FNO2/c1-3-8-17-11(2)13-5-4-6-14(16)15(13)19-12-7-9-18-10-12/h4-6,11-12,17H,3,7-10H2,1-2H3. The maximum atomic E-state index is 14.0. The van der Waals surface area contributed by atoms with Crippen molar-refractivity contribution < 1.29 is 13.9 Å². The minimum Gasteiger partial charge on any atom is -0.485 e. The van der Waals surface area contributed by atoms with Gasteiger partial charge in [0.2, 0.25) is 0 Å². The van der Waals surface area contributed by atoms with Crippen molar-refractivity contribution in [2.24, 2.45) is 0 Å². The molecule has 0 radical (unpaired) electrons. The fraction of sp³-hybridized carbons (Fsp3) is 0.600. The molecule has 0 spiro atoms. The summed E-state index contributed by atoms with van der Waals surface area (Å²) in [5, 5.41) is 3.36. The van der Waals surface area contributed by atoms with E-state index in [1.807, 2.05) is 13.0 Å². The van der Waals surface area contributed by atoms with Gasteiger partial charge in [0.15, 0.2) is 11.6 Å².